The number of hydrogen-bond acceptors (Lipinski definition) is 2. The second kappa shape index (κ2) is 5.74. The van der Waals surface area contributed by atoms with E-state index in [0.717, 1.165) is 18.5 Å². The molecule has 0 saturated carbocycles. The minimum atomic E-state index is -0.758. The molecule has 0 radical (unpaired) electrons. The van der Waals surface area contributed by atoms with Crippen molar-refractivity contribution >= 4 is 23.2 Å². The highest BCUT2D eigenvalue weighted by molar-refractivity contribution is 6.34. The average Bonchev–Trinajstić information content (AvgIpc) is 2.76. The molecule has 3 nitrogen and oxygen atoms in total. The fourth-order valence-corrected chi connectivity index (χ4v) is 2.34. The van der Waals surface area contributed by atoms with Crippen LogP contribution in [0, 0.1) is 0 Å². The van der Waals surface area contributed by atoms with E-state index in [4.69, 9.17) is 23.2 Å². The summed E-state index contributed by atoms with van der Waals surface area (Å²) in [5.41, 5.74) is 1.41. The highest BCUT2D eigenvalue weighted by Gasteiger charge is 2.13. The van der Waals surface area contributed by atoms with Crippen LogP contribution in [0.15, 0.2) is 30.6 Å². The predicted octanol–water partition coefficient (Wildman–Crippen LogP) is 3.68. The Morgan fingerprint density at radius 3 is 2.50 bits per heavy atom. The summed E-state index contributed by atoms with van der Waals surface area (Å²) in [7, 11) is 0. The van der Waals surface area contributed by atoms with Gasteiger partial charge in [-0.1, -0.05) is 30.1 Å². The van der Waals surface area contributed by atoms with Gasteiger partial charge in [-0.15, -0.1) is 0 Å². The van der Waals surface area contributed by atoms with Crippen molar-refractivity contribution in [2.75, 3.05) is 0 Å². The number of aliphatic hydroxyl groups is 1. The molecular weight excluding hydrogens is 271 g/mol. The standard InChI is InChI=1S/C13H14Cl2N2O/c1-2-3-17-8-10(7-16-17)13(18)9-4-11(14)6-12(15)5-9/h4-8,13,18H,2-3H2,1H3. The molecule has 0 bridgehead atoms. The molecule has 1 atom stereocenters. The summed E-state index contributed by atoms with van der Waals surface area (Å²) in [6.07, 6.45) is 3.74. The topological polar surface area (TPSA) is 38.0 Å². The average molecular weight is 285 g/mol. The van der Waals surface area contributed by atoms with E-state index >= 15 is 0 Å². The molecule has 1 heterocycles. The van der Waals surface area contributed by atoms with Crippen LogP contribution in [-0.2, 0) is 6.54 Å². The van der Waals surface area contributed by atoms with E-state index in [2.05, 4.69) is 12.0 Å². The molecule has 2 aromatic rings. The summed E-state index contributed by atoms with van der Waals surface area (Å²) >= 11 is 11.8. The molecule has 0 fully saturated rings. The van der Waals surface area contributed by atoms with Gasteiger partial charge in [-0.2, -0.15) is 5.10 Å². The maximum atomic E-state index is 10.3. The Labute approximate surface area is 116 Å². The Morgan fingerprint density at radius 1 is 1.22 bits per heavy atom. The first-order chi connectivity index (χ1) is 8.60. The molecule has 96 valence electrons. The maximum absolute atomic E-state index is 10.3. The summed E-state index contributed by atoms with van der Waals surface area (Å²) in [4.78, 5) is 0. The van der Waals surface area contributed by atoms with Gasteiger partial charge >= 0.3 is 0 Å². The van der Waals surface area contributed by atoms with Gasteiger partial charge < -0.3 is 5.11 Å². The molecule has 0 aliphatic rings. The third kappa shape index (κ3) is 3.05. The van der Waals surface area contributed by atoms with Gasteiger partial charge in [0.15, 0.2) is 0 Å². The zero-order chi connectivity index (χ0) is 13.1. The van der Waals surface area contributed by atoms with Crippen molar-refractivity contribution in [3.05, 3.63) is 51.8 Å². The minimum Gasteiger partial charge on any atom is -0.384 e. The van der Waals surface area contributed by atoms with Crippen molar-refractivity contribution in [1.82, 2.24) is 9.78 Å². The molecule has 2 rings (SSSR count). The second-order valence-electron chi connectivity index (χ2n) is 4.14. The van der Waals surface area contributed by atoms with Gasteiger partial charge in [0.05, 0.1) is 6.20 Å². The van der Waals surface area contributed by atoms with Crippen molar-refractivity contribution in [3.8, 4) is 0 Å². The van der Waals surface area contributed by atoms with E-state index in [-0.39, 0.29) is 0 Å². The van der Waals surface area contributed by atoms with E-state index in [1.165, 1.54) is 0 Å². The molecule has 0 aliphatic heterocycles. The first kappa shape index (κ1) is 13.4. The number of benzene rings is 1. The van der Waals surface area contributed by atoms with Crippen molar-refractivity contribution < 1.29 is 5.11 Å². The highest BCUT2D eigenvalue weighted by Crippen LogP contribution is 2.27. The molecule has 1 aromatic heterocycles. The molecule has 1 N–H and O–H groups in total. The second-order valence-corrected chi connectivity index (χ2v) is 5.01. The number of aryl methyl sites for hydroxylation is 1. The lowest BCUT2D eigenvalue weighted by Gasteiger charge is -2.09. The fourth-order valence-electron chi connectivity index (χ4n) is 1.80. The van der Waals surface area contributed by atoms with Gasteiger partial charge in [-0.3, -0.25) is 4.68 Å². The number of aromatic nitrogens is 2. The quantitative estimate of drug-likeness (QED) is 0.930. The SMILES string of the molecule is CCCn1cc(C(O)c2cc(Cl)cc(Cl)c2)cn1. The smallest absolute Gasteiger partial charge is 0.107 e. The lowest BCUT2D eigenvalue weighted by Crippen LogP contribution is -1.99. The Kier molecular flexibility index (Phi) is 4.27. The van der Waals surface area contributed by atoms with Crippen LogP contribution in [0.2, 0.25) is 10.0 Å². The van der Waals surface area contributed by atoms with Crippen molar-refractivity contribution in [2.24, 2.45) is 0 Å². The predicted molar refractivity (Wildman–Crippen MR) is 73.0 cm³/mol. The van der Waals surface area contributed by atoms with Crippen LogP contribution >= 0.6 is 23.2 Å². The van der Waals surface area contributed by atoms with Crippen molar-refractivity contribution in [2.45, 2.75) is 26.0 Å². The van der Waals surface area contributed by atoms with Gasteiger partial charge in [-0.25, -0.2) is 0 Å². The fraction of sp³-hybridized carbons (Fsp3) is 0.308. The zero-order valence-corrected chi connectivity index (χ0v) is 11.5. The number of halogens is 2. The highest BCUT2D eigenvalue weighted by atomic mass is 35.5. The molecule has 18 heavy (non-hydrogen) atoms. The molecule has 0 aliphatic carbocycles. The first-order valence-corrected chi connectivity index (χ1v) is 6.52. The van der Waals surface area contributed by atoms with E-state index in [9.17, 15) is 5.11 Å². The number of hydrogen-bond donors (Lipinski definition) is 1. The number of rotatable bonds is 4. The van der Waals surface area contributed by atoms with Crippen LogP contribution in [0.5, 0.6) is 0 Å². The van der Waals surface area contributed by atoms with Crippen molar-refractivity contribution in [3.63, 3.8) is 0 Å². The van der Waals surface area contributed by atoms with E-state index in [1.54, 1.807) is 24.4 Å². The lowest BCUT2D eigenvalue weighted by atomic mass is 10.1. The Hall–Kier alpha value is -1.03. The number of aliphatic hydroxyl groups excluding tert-OH is 1. The van der Waals surface area contributed by atoms with E-state index in [1.807, 2.05) is 10.9 Å². The third-order valence-electron chi connectivity index (χ3n) is 2.62. The van der Waals surface area contributed by atoms with Crippen LogP contribution in [0.4, 0.5) is 0 Å². The van der Waals surface area contributed by atoms with Gasteiger partial charge in [0.2, 0.25) is 0 Å². The molecule has 1 unspecified atom stereocenters. The van der Waals surface area contributed by atoms with Gasteiger partial charge in [0.1, 0.15) is 6.10 Å². The van der Waals surface area contributed by atoms with Gasteiger partial charge in [0, 0.05) is 28.4 Å². The van der Waals surface area contributed by atoms with Gasteiger partial charge in [-0.05, 0) is 30.2 Å². The number of nitrogens with zero attached hydrogens (tertiary/aromatic N) is 2. The van der Waals surface area contributed by atoms with Crippen LogP contribution in [-0.4, -0.2) is 14.9 Å². The summed E-state index contributed by atoms with van der Waals surface area (Å²) in [6, 6.07) is 5.05. The Balaban J connectivity index is 2.26. The summed E-state index contributed by atoms with van der Waals surface area (Å²) in [5.74, 6) is 0. The normalized spacial score (nSPS) is 12.7. The third-order valence-corrected chi connectivity index (χ3v) is 3.06. The zero-order valence-electron chi connectivity index (χ0n) is 9.98. The summed E-state index contributed by atoms with van der Waals surface area (Å²) < 4.78 is 1.81. The molecule has 1 aromatic carbocycles. The molecule has 5 heteroatoms. The van der Waals surface area contributed by atoms with Gasteiger partial charge in [0.25, 0.3) is 0 Å². The first-order valence-electron chi connectivity index (χ1n) is 5.76. The van der Waals surface area contributed by atoms with Crippen LogP contribution in [0.25, 0.3) is 0 Å². The largest absolute Gasteiger partial charge is 0.384 e. The summed E-state index contributed by atoms with van der Waals surface area (Å²) in [5, 5.41) is 15.5. The molecular formula is C13H14Cl2N2O. The van der Waals surface area contributed by atoms with Crippen LogP contribution in [0.1, 0.15) is 30.6 Å². The minimum absolute atomic E-state index is 0.512. The van der Waals surface area contributed by atoms with Crippen LogP contribution in [0.3, 0.4) is 0 Å². The van der Waals surface area contributed by atoms with E-state index < -0.39 is 6.10 Å². The van der Waals surface area contributed by atoms with Crippen LogP contribution < -0.4 is 0 Å². The summed E-state index contributed by atoms with van der Waals surface area (Å²) in [6.45, 7) is 2.91. The monoisotopic (exact) mass is 284 g/mol. The molecule has 0 saturated heterocycles. The molecule has 0 amide bonds. The molecule has 0 spiro atoms. The maximum Gasteiger partial charge on any atom is 0.107 e. The van der Waals surface area contributed by atoms with Crippen molar-refractivity contribution in [1.29, 1.82) is 0 Å². The lowest BCUT2D eigenvalue weighted by molar-refractivity contribution is 0.220. The Morgan fingerprint density at radius 2 is 1.89 bits per heavy atom. The van der Waals surface area contributed by atoms with E-state index in [0.29, 0.717) is 15.6 Å². The Bertz CT molecular complexity index is 519.